The fourth-order valence-corrected chi connectivity index (χ4v) is 2.87. The van der Waals surface area contributed by atoms with E-state index in [0.29, 0.717) is 5.41 Å². The lowest BCUT2D eigenvalue weighted by molar-refractivity contribution is 0.174. The van der Waals surface area contributed by atoms with Gasteiger partial charge in [0.15, 0.2) is 5.75 Å². The molecule has 3 nitrogen and oxygen atoms in total. The first kappa shape index (κ1) is 11.0. The van der Waals surface area contributed by atoms with Crippen LogP contribution in [0.5, 0.6) is 5.75 Å². The van der Waals surface area contributed by atoms with Gasteiger partial charge in [0.05, 0.1) is 19.0 Å². The lowest BCUT2D eigenvalue weighted by Gasteiger charge is -2.25. The zero-order chi connectivity index (χ0) is 10.7. The van der Waals surface area contributed by atoms with Crippen molar-refractivity contribution in [2.45, 2.75) is 25.7 Å². The second-order valence-electron chi connectivity index (χ2n) is 4.48. The van der Waals surface area contributed by atoms with Crippen molar-refractivity contribution in [2.75, 3.05) is 11.9 Å². The number of ether oxygens (including phenoxy) is 1. The summed E-state index contributed by atoms with van der Waals surface area (Å²) in [6.07, 6.45) is 8.91. The molecule has 1 aliphatic carbocycles. The van der Waals surface area contributed by atoms with Crippen LogP contribution in [0.2, 0.25) is 0 Å². The first-order valence-electron chi connectivity index (χ1n) is 5.42. The van der Waals surface area contributed by atoms with Crippen LogP contribution in [0, 0.1) is 5.41 Å². The third-order valence-corrected chi connectivity index (χ3v) is 4.36. The third kappa shape index (κ3) is 2.54. The van der Waals surface area contributed by atoms with Gasteiger partial charge < -0.3 is 4.74 Å². The first-order valence-corrected chi connectivity index (χ1v) is 6.54. The van der Waals surface area contributed by atoms with Gasteiger partial charge in [-0.05, 0) is 12.8 Å². The summed E-state index contributed by atoms with van der Waals surface area (Å²) in [6, 6.07) is 0. The first-order chi connectivity index (χ1) is 7.24. The molecule has 2 rings (SSSR count). The highest BCUT2D eigenvalue weighted by molar-refractivity contribution is 9.09. The van der Waals surface area contributed by atoms with Gasteiger partial charge in [-0.1, -0.05) is 28.8 Å². The van der Waals surface area contributed by atoms with Crippen molar-refractivity contribution in [3.05, 3.63) is 12.4 Å². The van der Waals surface area contributed by atoms with E-state index in [4.69, 9.17) is 4.74 Å². The summed E-state index contributed by atoms with van der Waals surface area (Å²) in [5, 5.41) is 5.13. The van der Waals surface area contributed by atoms with Gasteiger partial charge in [0.25, 0.3) is 0 Å². The van der Waals surface area contributed by atoms with Crippen molar-refractivity contribution in [3.63, 3.8) is 0 Å². The van der Waals surface area contributed by atoms with Crippen molar-refractivity contribution in [2.24, 2.45) is 12.5 Å². The normalized spacial score (nSPS) is 19.3. The maximum absolute atomic E-state index is 5.79. The SMILES string of the molecule is Cn1cc(OCC2(CBr)CCCC2)cn1. The Morgan fingerprint density at radius 2 is 2.27 bits per heavy atom. The van der Waals surface area contributed by atoms with Crippen molar-refractivity contribution >= 4 is 15.9 Å². The van der Waals surface area contributed by atoms with Crippen LogP contribution in [0.3, 0.4) is 0 Å². The number of aromatic nitrogens is 2. The molecule has 1 aromatic heterocycles. The third-order valence-electron chi connectivity index (χ3n) is 3.17. The zero-order valence-electron chi connectivity index (χ0n) is 9.08. The number of nitrogens with zero attached hydrogens (tertiary/aromatic N) is 2. The van der Waals surface area contributed by atoms with Crippen LogP contribution in [0.15, 0.2) is 12.4 Å². The van der Waals surface area contributed by atoms with Gasteiger partial charge in [-0.2, -0.15) is 5.10 Å². The minimum absolute atomic E-state index is 0.357. The Hall–Kier alpha value is -0.510. The molecule has 0 N–H and O–H groups in total. The highest BCUT2D eigenvalue weighted by Crippen LogP contribution is 2.39. The molecule has 1 aliphatic rings. The van der Waals surface area contributed by atoms with Gasteiger partial charge in [0.2, 0.25) is 0 Å². The lowest BCUT2D eigenvalue weighted by atomic mass is 9.90. The summed E-state index contributed by atoms with van der Waals surface area (Å²) in [5.41, 5.74) is 0.357. The standard InChI is InChI=1S/C11H17BrN2O/c1-14-7-10(6-13-14)15-9-11(8-12)4-2-3-5-11/h6-7H,2-5,8-9H2,1H3. The largest absolute Gasteiger partial charge is 0.490 e. The molecule has 0 spiro atoms. The van der Waals surface area contributed by atoms with Gasteiger partial charge in [-0.15, -0.1) is 0 Å². The molecular formula is C11H17BrN2O. The second-order valence-corrected chi connectivity index (χ2v) is 5.04. The van der Waals surface area contributed by atoms with Gasteiger partial charge >= 0.3 is 0 Å². The van der Waals surface area contributed by atoms with Crippen LogP contribution in [-0.4, -0.2) is 21.7 Å². The predicted octanol–water partition coefficient (Wildman–Crippen LogP) is 2.75. The van der Waals surface area contributed by atoms with Crippen LogP contribution in [0.1, 0.15) is 25.7 Å². The van der Waals surface area contributed by atoms with E-state index in [9.17, 15) is 0 Å². The molecule has 1 fully saturated rings. The minimum Gasteiger partial charge on any atom is -0.490 e. The summed E-state index contributed by atoms with van der Waals surface area (Å²) >= 11 is 3.61. The molecule has 0 unspecified atom stereocenters. The summed E-state index contributed by atoms with van der Waals surface area (Å²) < 4.78 is 7.56. The maximum Gasteiger partial charge on any atom is 0.157 e. The number of hydrogen-bond donors (Lipinski definition) is 0. The Morgan fingerprint density at radius 3 is 2.80 bits per heavy atom. The molecule has 0 aliphatic heterocycles. The van der Waals surface area contributed by atoms with Crippen molar-refractivity contribution in [3.8, 4) is 5.75 Å². The van der Waals surface area contributed by atoms with Crippen LogP contribution in [-0.2, 0) is 7.05 Å². The van der Waals surface area contributed by atoms with Gasteiger partial charge in [-0.25, -0.2) is 0 Å². The topological polar surface area (TPSA) is 27.1 Å². The molecule has 0 aromatic carbocycles. The smallest absolute Gasteiger partial charge is 0.157 e. The highest BCUT2D eigenvalue weighted by Gasteiger charge is 2.33. The van der Waals surface area contributed by atoms with Crippen molar-refractivity contribution in [1.82, 2.24) is 9.78 Å². The summed E-state index contributed by atoms with van der Waals surface area (Å²) in [7, 11) is 1.91. The molecule has 0 radical (unpaired) electrons. The van der Waals surface area contributed by atoms with E-state index in [1.807, 2.05) is 13.2 Å². The summed E-state index contributed by atoms with van der Waals surface area (Å²) in [4.78, 5) is 0. The Kier molecular flexibility index (Phi) is 3.34. The fourth-order valence-electron chi connectivity index (χ4n) is 2.15. The van der Waals surface area contributed by atoms with E-state index < -0.39 is 0 Å². The summed E-state index contributed by atoms with van der Waals surface area (Å²) in [5.74, 6) is 0.879. The Morgan fingerprint density at radius 1 is 1.53 bits per heavy atom. The molecule has 0 bridgehead atoms. The number of hydrogen-bond acceptors (Lipinski definition) is 2. The van der Waals surface area contributed by atoms with E-state index in [-0.39, 0.29) is 0 Å². The average molecular weight is 273 g/mol. The molecule has 4 heteroatoms. The number of halogens is 1. The molecule has 84 valence electrons. The predicted molar refractivity (Wildman–Crippen MR) is 63.4 cm³/mol. The van der Waals surface area contributed by atoms with Gasteiger partial charge in [0, 0.05) is 17.8 Å². The average Bonchev–Trinajstić information content (AvgIpc) is 2.85. The van der Waals surface area contributed by atoms with E-state index in [1.54, 1.807) is 10.9 Å². The minimum atomic E-state index is 0.357. The quantitative estimate of drug-likeness (QED) is 0.789. The Bertz CT molecular complexity index is 318. The van der Waals surface area contributed by atoms with Gasteiger partial charge in [0.1, 0.15) is 0 Å². The molecule has 1 saturated carbocycles. The fraction of sp³-hybridized carbons (Fsp3) is 0.727. The highest BCUT2D eigenvalue weighted by atomic mass is 79.9. The number of aryl methyl sites for hydroxylation is 1. The molecule has 1 aromatic rings. The van der Waals surface area contributed by atoms with Crippen molar-refractivity contribution < 1.29 is 4.74 Å². The molecule has 0 saturated heterocycles. The van der Waals surface area contributed by atoms with Crippen LogP contribution < -0.4 is 4.74 Å². The molecule has 0 atom stereocenters. The molecular weight excluding hydrogens is 256 g/mol. The van der Waals surface area contributed by atoms with Crippen LogP contribution >= 0.6 is 15.9 Å². The second kappa shape index (κ2) is 4.56. The van der Waals surface area contributed by atoms with E-state index in [0.717, 1.165) is 17.7 Å². The number of rotatable bonds is 4. The maximum atomic E-state index is 5.79. The molecule has 15 heavy (non-hydrogen) atoms. The van der Waals surface area contributed by atoms with E-state index in [1.165, 1.54) is 25.7 Å². The van der Waals surface area contributed by atoms with E-state index >= 15 is 0 Å². The summed E-state index contributed by atoms with van der Waals surface area (Å²) in [6.45, 7) is 0.809. The van der Waals surface area contributed by atoms with Crippen molar-refractivity contribution in [1.29, 1.82) is 0 Å². The zero-order valence-corrected chi connectivity index (χ0v) is 10.7. The monoisotopic (exact) mass is 272 g/mol. The van der Waals surface area contributed by atoms with E-state index in [2.05, 4.69) is 21.0 Å². The number of alkyl halides is 1. The van der Waals surface area contributed by atoms with Crippen LogP contribution in [0.25, 0.3) is 0 Å². The lowest BCUT2D eigenvalue weighted by Crippen LogP contribution is -2.26. The Balaban J connectivity index is 1.91. The Labute approximate surface area is 98.9 Å². The van der Waals surface area contributed by atoms with Gasteiger partial charge in [-0.3, -0.25) is 4.68 Å². The molecule has 1 heterocycles. The van der Waals surface area contributed by atoms with Crippen LogP contribution in [0.4, 0.5) is 0 Å². The molecule has 0 amide bonds.